The normalized spacial score (nSPS) is 17.0. The molecule has 2 aromatic carbocycles. The number of sulfonamides is 1. The number of likely N-dealkylation sites (tertiary alicyclic amines) is 1. The molecule has 8 heteroatoms. The van der Waals surface area contributed by atoms with Gasteiger partial charge in [-0.05, 0) is 56.5 Å². The predicted molar refractivity (Wildman–Crippen MR) is 128 cm³/mol. The highest BCUT2D eigenvalue weighted by Crippen LogP contribution is 2.21. The van der Waals surface area contributed by atoms with E-state index in [0.717, 1.165) is 18.7 Å². The molecule has 33 heavy (non-hydrogen) atoms. The molecule has 0 saturated carbocycles. The highest BCUT2D eigenvalue weighted by Gasteiger charge is 2.19. The Balaban J connectivity index is 1.48. The number of amides is 1. The molecule has 1 aliphatic rings. The molecule has 1 aliphatic heterocycles. The average Bonchev–Trinajstić information content (AvgIpc) is 2.80. The first-order chi connectivity index (χ1) is 15.8. The Morgan fingerprint density at radius 1 is 1.03 bits per heavy atom. The number of piperidine rings is 1. The number of carbonyl (C=O) groups is 2. The minimum Gasteiger partial charge on any atom is -0.352 e. The van der Waals surface area contributed by atoms with Crippen molar-refractivity contribution in [3.8, 4) is 0 Å². The van der Waals surface area contributed by atoms with Crippen molar-refractivity contribution in [3.05, 3.63) is 65.2 Å². The van der Waals surface area contributed by atoms with Crippen LogP contribution in [0.3, 0.4) is 0 Å². The summed E-state index contributed by atoms with van der Waals surface area (Å²) >= 11 is 0. The van der Waals surface area contributed by atoms with E-state index < -0.39 is 10.0 Å². The minimum atomic E-state index is -3.74. The van der Waals surface area contributed by atoms with Crippen LogP contribution >= 0.6 is 0 Å². The van der Waals surface area contributed by atoms with Gasteiger partial charge < -0.3 is 5.32 Å². The molecule has 0 spiro atoms. The third-order valence-electron chi connectivity index (χ3n) is 6.12. The Bertz CT molecular complexity index is 1070. The Labute approximate surface area is 196 Å². The zero-order valence-electron chi connectivity index (χ0n) is 19.3. The van der Waals surface area contributed by atoms with E-state index in [9.17, 15) is 18.0 Å². The van der Waals surface area contributed by atoms with Crippen LogP contribution in [0.2, 0.25) is 0 Å². The fraction of sp³-hybridized carbons (Fsp3) is 0.440. The molecule has 0 radical (unpaired) electrons. The smallest absolute Gasteiger partial charge is 0.240 e. The molecule has 2 aromatic rings. The maximum absolute atomic E-state index is 12.4. The maximum atomic E-state index is 12.4. The monoisotopic (exact) mass is 471 g/mol. The van der Waals surface area contributed by atoms with Crippen molar-refractivity contribution in [3.63, 3.8) is 0 Å². The van der Waals surface area contributed by atoms with Gasteiger partial charge in [-0.1, -0.05) is 42.8 Å². The second-order valence-corrected chi connectivity index (χ2v) is 10.4. The molecule has 3 rings (SSSR count). The maximum Gasteiger partial charge on any atom is 0.240 e. The van der Waals surface area contributed by atoms with Crippen LogP contribution in [-0.4, -0.2) is 44.1 Å². The molecular weight excluding hydrogens is 438 g/mol. The van der Waals surface area contributed by atoms with E-state index in [4.69, 9.17) is 0 Å². The molecule has 0 aromatic heterocycles. The first-order valence-corrected chi connectivity index (χ1v) is 12.9. The van der Waals surface area contributed by atoms with E-state index in [1.165, 1.54) is 56.0 Å². The summed E-state index contributed by atoms with van der Waals surface area (Å²) in [6, 6.07) is 14.4. The summed E-state index contributed by atoms with van der Waals surface area (Å²) in [5, 5.41) is 2.90. The molecule has 178 valence electrons. The summed E-state index contributed by atoms with van der Waals surface area (Å²) in [5.41, 5.74) is 2.74. The average molecular weight is 472 g/mol. The second-order valence-electron chi connectivity index (χ2n) is 8.59. The van der Waals surface area contributed by atoms with Crippen LogP contribution in [0.4, 0.5) is 0 Å². The van der Waals surface area contributed by atoms with E-state index in [1.54, 1.807) is 0 Å². The van der Waals surface area contributed by atoms with Gasteiger partial charge >= 0.3 is 0 Å². The van der Waals surface area contributed by atoms with Gasteiger partial charge in [-0.25, -0.2) is 13.1 Å². The van der Waals surface area contributed by atoms with E-state index in [-0.39, 0.29) is 29.6 Å². The first kappa shape index (κ1) is 25.1. The van der Waals surface area contributed by atoms with Gasteiger partial charge in [0, 0.05) is 37.7 Å². The predicted octanol–water partition coefficient (Wildman–Crippen LogP) is 3.25. The van der Waals surface area contributed by atoms with Crippen molar-refractivity contribution in [2.24, 2.45) is 0 Å². The first-order valence-electron chi connectivity index (χ1n) is 11.4. The number of ketones is 1. The number of Topliss-reactive ketones (excluding diaryl/α,β-unsaturated/α-hetero) is 1. The molecule has 7 nitrogen and oxygen atoms in total. The van der Waals surface area contributed by atoms with Crippen LogP contribution in [0.1, 0.15) is 61.0 Å². The molecule has 0 bridgehead atoms. The largest absolute Gasteiger partial charge is 0.352 e. The van der Waals surface area contributed by atoms with Gasteiger partial charge in [-0.15, -0.1) is 0 Å². The number of hydrogen-bond donors (Lipinski definition) is 2. The molecule has 1 fully saturated rings. The van der Waals surface area contributed by atoms with Crippen molar-refractivity contribution < 1.29 is 18.0 Å². The van der Waals surface area contributed by atoms with Gasteiger partial charge in [0.05, 0.1) is 4.90 Å². The Morgan fingerprint density at radius 3 is 2.39 bits per heavy atom. The van der Waals surface area contributed by atoms with E-state index in [2.05, 4.69) is 27.9 Å². The van der Waals surface area contributed by atoms with Crippen LogP contribution < -0.4 is 10.0 Å². The second kappa shape index (κ2) is 11.5. The van der Waals surface area contributed by atoms with Gasteiger partial charge in [0.1, 0.15) is 0 Å². The molecule has 1 amide bonds. The van der Waals surface area contributed by atoms with Crippen LogP contribution in [0.15, 0.2) is 53.4 Å². The number of carbonyl (C=O) groups excluding carboxylic acids is 2. The standard InChI is InChI=1S/C25H33N3O4S/c1-19-7-5-6-16-28(19)18-23-9-4-3-8-22(23)17-26-25(30)14-15-27-33(31,32)24-12-10-21(11-13-24)20(2)29/h3-4,8-13,19,27H,5-7,14-18H2,1-2H3,(H,26,30). The van der Waals surface area contributed by atoms with Gasteiger partial charge in [0.2, 0.25) is 15.9 Å². The SMILES string of the molecule is CC(=O)c1ccc(S(=O)(=O)NCCC(=O)NCc2ccccc2CN2CCCCC2C)cc1. The minimum absolute atomic E-state index is 0.00440. The fourth-order valence-corrected chi connectivity index (χ4v) is 5.06. The quantitative estimate of drug-likeness (QED) is 0.519. The lowest BCUT2D eigenvalue weighted by atomic mass is 10.0. The molecular formula is C25H33N3O4S. The van der Waals surface area contributed by atoms with Crippen LogP contribution in [0.5, 0.6) is 0 Å². The molecule has 1 atom stereocenters. The molecule has 1 saturated heterocycles. The number of hydrogen-bond acceptors (Lipinski definition) is 5. The lowest BCUT2D eigenvalue weighted by molar-refractivity contribution is -0.121. The molecule has 0 aliphatic carbocycles. The fourth-order valence-electron chi connectivity index (χ4n) is 4.03. The van der Waals surface area contributed by atoms with E-state index in [0.29, 0.717) is 18.2 Å². The van der Waals surface area contributed by atoms with Crippen LogP contribution in [0.25, 0.3) is 0 Å². The summed E-state index contributed by atoms with van der Waals surface area (Å²) in [6.07, 6.45) is 3.76. The van der Waals surface area contributed by atoms with Gasteiger partial charge in [0.25, 0.3) is 0 Å². The Kier molecular flexibility index (Phi) is 8.77. The van der Waals surface area contributed by atoms with Crippen molar-refractivity contribution in [2.45, 2.75) is 63.6 Å². The topological polar surface area (TPSA) is 95.6 Å². The lowest BCUT2D eigenvalue weighted by Gasteiger charge is -2.33. The summed E-state index contributed by atoms with van der Waals surface area (Å²) < 4.78 is 27.2. The lowest BCUT2D eigenvalue weighted by Crippen LogP contribution is -2.37. The highest BCUT2D eigenvalue weighted by molar-refractivity contribution is 7.89. The van der Waals surface area contributed by atoms with Crippen LogP contribution in [0, 0.1) is 0 Å². The van der Waals surface area contributed by atoms with E-state index >= 15 is 0 Å². The number of nitrogens with one attached hydrogen (secondary N) is 2. The van der Waals surface area contributed by atoms with Crippen molar-refractivity contribution in [1.82, 2.24) is 14.9 Å². The summed E-state index contributed by atoms with van der Waals surface area (Å²) in [4.78, 5) is 26.2. The van der Waals surface area contributed by atoms with Crippen LogP contribution in [-0.2, 0) is 27.9 Å². The molecule has 2 N–H and O–H groups in total. The van der Waals surface area contributed by atoms with Crippen molar-refractivity contribution in [1.29, 1.82) is 0 Å². The number of nitrogens with zero attached hydrogens (tertiary/aromatic N) is 1. The van der Waals surface area contributed by atoms with Crippen molar-refractivity contribution in [2.75, 3.05) is 13.1 Å². The zero-order chi connectivity index (χ0) is 23.8. The van der Waals surface area contributed by atoms with E-state index in [1.807, 2.05) is 18.2 Å². The zero-order valence-corrected chi connectivity index (χ0v) is 20.2. The Morgan fingerprint density at radius 2 is 1.73 bits per heavy atom. The molecule has 1 heterocycles. The summed E-state index contributed by atoms with van der Waals surface area (Å²) in [6.45, 7) is 6.07. The molecule has 1 unspecified atom stereocenters. The third kappa shape index (κ3) is 7.22. The van der Waals surface area contributed by atoms with Gasteiger partial charge in [-0.3, -0.25) is 14.5 Å². The summed E-state index contributed by atoms with van der Waals surface area (Å²) in [7, 11) is -3.74. The van der Waals surface area contributed by atoms with Gasteiger partial charge in [0.15, 0.2) is 5.78 Å². The Hall–Kier alpha value is -2.55. The third-order valence-corrected chi connectivity index (χ3v) is 7.60. The van der Waals surface area contributed by atoms with Crippen molar-refractivity contribution >= 4 is 21.7 Å². The summed E-state index contributed by atoms with van der Waals surface area (Å²) in [5.74, 6) is -0.346. The number of rotatable bonds is 10. The van der Waals surface area contributed by atoms with Gasteiger partial charge in [-0.2, -0.15) is 0 Å². The highest BCUT2D eigenvalue weighted by atomic mass is 32.2. The number of benzene rings is 2.